The van der Waals surface area contributed by atoms with Crippen LogP contribution < -0.4 is 0 Å². The van der Waals surface area contributed by atoms with Crippen LogP contribution in [0.25, 0.3) is 0 Å². The Bertz CT molecular complexity index is 368. The van der Waals surface area contributed by atoms with Gasteiger partial charge in [0.05, 0.1) is 4.92 Å². The summed E-state index contributed by atoms with van der Waals surface area (Å²) in [5, 5.41) is 10.3. The number of nitro benzene ring substituents is 1. The van der Waals surface area contributed by atoms with Gasteiger partial charge < -0.3 is 0 Å². The van der Waals surface area contributed by atoms with Crippen molar-refractivity contribution in [1.82, 2.24) is 0 Å². The molecule has 60 valence electrons. The predicted octanol–water partition coefficient (Wildman–Crippen LogP) is 1.72. The van der Waals surface area contributed by atoms with E-state index < -0.39 is 10.7 Å². The quantitative estimate of drug-likeness (QED) is 0.361. The maximum absolute atomic E-state index is 12.5. The highest BCUT2D eigenvalue weighted by Crippen LogP contribution is 2.17. The van der Waals surface area contributed by atoms with Gasteiger partial charge in [0.25, 0.3) is 5.69 Å². The summed E-state index contributed by atoms with van der Waals surface area (Å²) in [4.78, 5) is 9.64. The molecule has 0 aromatic heterocycles. The Morgan fingerprint density at radius 1 is 1.58 bits per heavy atom. The number of terminal acetylenes is 1. The van der Waals surface area contributed by atoms with E-state index in [4.69, 9.17) is 6.42 Å². The molecular formula is C8H4FNO2. The van der Waals surface area contributed by atoms with E-state index in [1.807, 2.05) is 5.92 Å². The molecule has 0 radical (unpaired) electrons. The van der Waals surface area contributed by atoms with Gasteiger partial charge in [-0.15, -0.1) is 6.42 Å². The number of nitro groups is 1. The lowest BCUT2D eigenvalue weighted by molar-refractivity contribution is -0.385. The van der Waals surface area contributed by atoms with Crippen LogP contribution in [-0.4, -0.2) is 4.92 Å². The van der Waals surface area contributed by atoms with Crippen LogP contribution in [0.5, 0.6) is 0 Å². The van der Waals surface area contributed by atoms with Crippen molar-refractivity contribution >= 4 is 5.69 Å². The van der Waals surface area contributed by atoms with E-state index in [0.717, 1.165) is 18.2 Å². The third-order valence-electron chi connectivity index (χ3n) is 1.31. The Hall–Kier alpha value is -1.89. The summed E-state index contributed by atoms with van der Waals surface area (Å²) in [5.41, 5.74) is -0.293. The summed E-state index contributed by atoms with van der Waals surface area (Å²) in [7, 11) is 0. The number of hydrogen-bond donors (Lipinski definition) is 0. The summed E-state index contributed by atoms with van der Waals surface area (Å²) in [6, 6.07) is 3.00. The van der Waals surface area contributed by atoms with Gasteiger partial charge in [-0.2, -0.15) is 0 Å². The lowest BCUT2D eigenvalue weighted by Crippen LogP contribution is -1.92. The van der Waals surface area contributed by atoms with Crippen molar-refractivity contribution in [3.8, 4) is 12.3 Å². The average Bonchev–Trinajstić information content (AvgIpc) is 2.03. The highest BCUT2D eigenvalue weighted by atomic mass is 19.1. The first-order valence-corrected chi connectivity index (χ1v) is 3.05. The minimum Gasteiger partial charge on any atom is -0.258 e. The molecule has 1 rings (SSSR count). The molecule has 0 amide bonds. The summed E-state index contributed by atoms with van der Waals surface area (Å²) in [6.45, 7) is 0. The zero-order chi connectivity index (χ0) is 9.14. The van der Waals surface area contributed by atoms with Crippen molar-refractivity contribution in [2.24, 2.45) is 0 Å². The van der Waals surface area contributed by atoms with Crippen LogP contribution in [0.1, 0.15) is 5.56 Å². The van der Waals surface area contributed by atoms with E-state index >= 15 is 0 Å². The standard InChI is InChI=1S/C8H4FNO2/c1-2-6-5-7(9)3-4-8(6)10(11)12/h1,3-5H. The molecule has 0 saturated carbocycles. The summed E-state index contributed by atoms with van der Waals surface area (Å²) in [6.07, 6.45) is 4.94. The van der Waals surface area contributed by atoms with E-state index in [9.17, 15) is 14.5 Å². The molecule has 0 saturated heterocycles. The predicted molar refractivity (Wildman–Crippen MR) is 41.0 cm³/mol. The minimum absolute atomic E-state index is 0.0417. The Balaban J connectivity index is 3.32. The van der Waals surface area contributed by atoms with Crippen LogP contribution in [0.15, 0.2) is 18.2 Å². The van der Waals surface area contributed by atoms with Crippen molar-refractivity contribution in [2.45, 2.75) is 0 Å². The smallest absolute Gasteiger partial charge is 0.258 e. The molecule has 0 spiro atoms. The van der Waals surface area contributed by atoms with Crippen LogP contribution in [0, 0.1) is 28.3 Å². The molecule has 0 unspecified atom stereocenters. The molecule has 0 fully saturated rings. The van der Waals surface area contributed by atoms with Gasteiger partial charge >= 0.3 is 0 Å². The van der Waals surface area contributed by atoms with Gasteiger partial charge in [0.1, 0.15) is 11.4 Å². The molecule has 0 N–H and O–H groups in total. The molecule has 0 aliphatic heterocycles. The normalized spacial score (nSPS) is 9.00. The van der Waals surface area contributed by atoms with Gasteiger partial charge in [0.15, 0.2) is 0 Å². The third kappa shape index (κ3) is 1.40. The number of rotatable bonds is 1. The number of nitrogens with zero attached hydrogens (tertiary/aromatic N) is 1. The van der Waals surface area contributed by atoms with Gasteiger partial charge in [-0.1, -0.05) is 5.92 Å². The summed E-state index contributed by atoms with van der Waals surface area (Å²) < 4.78 is 12.5. The number of halogens is 1. The van der Waals surface area contributed by atoms with Gasteiger partial charge in [-0.3, -0.25) is 10.1 Å². The monoisotopic (exact) mass is 165 g/mol. The van der Waals surface area contributed by atoms with Crippen LogP contribution >= 0.6 is 0 Å². The second-order valence-electron chi connectivity index (χ2n) is 2.06. The molecule has 1 aromatic rings. The lowest BCUT2D eigenvalue weighted by atomic mass is 10.2. The van der Waals surface area contributed by atoms with Gasteiger partial charge in [0.2, 0.25) is 0 Å². The maximum atomic E-state index is 12.5. The van der Waals surface area contributed by atoms with E-state index in [0.29, 0.717) is 0 Å². The van der Waals surface area contributed by atoms with E-state index in [-0.39, 0.29) is 11.3 Å². The molecular weight excluding hydrogens is 161 g/mol. The first-order chi connectivity index (χ1) is 5.65. The Kier molecular flexibility index (Phi) is 2.06. The van der Waals surface area contributed by atoms with E-state index in [2.05, 4.69) is 0 Å². The van der Waals surface area contributed by atoms with Crippen molar-refractivity contribution in [1.29, 1.82) is 0 Å². The van der Waals surface area contributed by atoms with Gasteiger partial charge in [-0.25, -0.2) is 4.39 Å². The fourth-order valence-electron chi connectivity index (χ4n) is 0.783. The van der Waals surface area contributed by atoms with Crippen molar-refractivity contribution < 1.29 is 9.31 Å². The molecule has 12 heavy (non-hydrogen) atoms. The van der Waals surface area contributed by atoms with Crippen LogP contribution in [0.2, 0.25) is 0 Å². The van der Waals surface area contributed by atoms with E-state index in [1.54, 1.807) is 0 Å². The molecule has 0 bridgehead atoms. The molecule has 1 aromatic carbocycles. The Morgan fingerprint density at radius 3 is 2.75 bits per heavy atom. The van der Waals surface area contributed by atoms with Crippen molar-refractivity contribution in [3.63, 3.8) is 0 Å². The molecule has 0 aliphatic rings. The summed E-state index contributed by atoms with van der Waals surface area (Å²) >= 11 is 0. The van der Waals surface area contributed by atoms with Crippen LogP contribution in [0.3, 0.4) is 0 Å². The molecule has 3 nitrogen and oxygen atoms in total. The average molecular weight is 165 g/mol. The van der Waals surface area contributed by atoms with Crippen LogP contribution in [0.4, 0.5) is 10.1 Å². The Morgan fingerprint density at radius 2 is 2.25 bits per heavy atom. The molecule has 0 aliphatic carbocycles. The zero-order valence-electron chi connectivity index (χ0n) is 5.95. The van der Waals surface area contributed by atoms with Gasteiger partial charge in [-0.05, 0) is 12.1 Å². The first-order valence-electron chi connectivity index (χ1n) is 3.05. The van der Waals surface area contributed by atoms with Crippen molar-refractivity contribution in [3.05, 3.63) is 39.7 Å². The highest BCUT2D eigenvalue weighted by Gasteiger charge is 2.11. The zero-order valence-corrected chi connectivity index (χ0v) is 5.95. The van der Waals surface area contributed by atoms with Crippen molar-refractivity contribution in [2.75, 3.05) is 0 Å². The largest absolute Gasteiger partial charge is 0.285 e. The number of benzene rings is 1. The second-order valence-corrected chi connectivity index (χ2v) is 2.06. The number of hydrogen-bond acceptors (Lipinski definition) is 2. The summed E-state index contributed by atoms with van der Waals surface area (Å²) in [5.74, 6) is 1.46. The highest BCUT2D eigenvalue weighted by molar-refractivity contribution is 5.49. The fraction of sp³-hybridized carbons (Fsp3) is 0. The first kappa shape index (κ1) is 8.21. The lowest BCUT2D eigenvalue weighted by Gasteiger charge is -1.94. The second kappa shape index (κ2) is 3.01. The third-order valence-corrected chi connectivity index (χ3v) is 1.31. The molecule has 0 heterocycles. The molecule has 0 atom stereocenters. The van der Waals surface area contributed by atoms with E-state index in [1.165, 1.54) is 0 Å². The topological polar surface area (TPSA) is 43.1 Å². The maximum Gasteiger partial charge on any atom is 0.285 e. The SMILES string of the molecule is C#Cc1cc(F)ccc1[N+](=O)[O-]. The fourth-order valence-corrected chi connectivity index (χ4v) is 0.783. The van der Waals surface area contributed by atoms with Crippen LogP contribution in [-0.2, 0) is 0 Å². The molecule has 4 heteroatoms. The minimum atomic E-state index is -0.644. The van der Waals surface area contributed by atoms with Gasteiger partial charge in [0, 0.05) is 6.07 Å². The Labute approximate surface area is 68.0 Å².